The van der Waals surface area contributed by atoms with Crippen molar-refractivity contribution >= 4 is 11.4 Å². The summed E-state index contributed by atoms with van der Waals surface area (Å²) in [5.74, 6) is -0.817. The lowest BCUT2D eigenvalue weighted by Crippen LogP contribution is -2.20. The summed E-state index contributed by atoms with van der Waals surface area (Å²) in [5, 5.41) is 22.2. The number of hydrogen-bond donors (Lipinski definition) is 2. The smallest absolute Gasteiger partial charge is 0.327 e. The molecule has 1 rings (SSSR count). The number of rotatable bonds is 5. The highest BCUT2D eigenvalue weighted by molar-refractivity contribution is 5.65. The molecule has 0 spiro atoms. The summed E-state index contributed by atoms with van der Waals surface area (Å²) in [6, 6.07) is 1.82. The number of nitro groups is 1. The zero-order valence-electron chi connectivity index (χ0n) is 9.44. The first-order valence-corrected chi connectivity index (χ1v) is 4.89. The Kier molecular flexibility index (Phi) is 4.22. The zero-order chi connectivity index (χ0) is 13.0. The monoisotopic (exact) mass is 244 g/mol. The number of anilines is 1. The minimum atomic E-state index is -0.984. The molecule has 6 nitrogen and oxygen atoms in total. The predicted molar refractivity (Wildman–Crippen MR) is 59.8 cm³/mol. The van der Waals surface area contributed by atoms with E-state index >= 15 is 0 Å². The zero-order valence-corrected chi connectivity index (χ0v) is 9.44. The number of nitrogens with zero attached hydrogens (tertiary/aromatic N) is 1. The third kappa shape index (κ3) is 3.04. The number of aliphatic hydroxyl groups is 1. The van der Waals surface area contributed by atoms with Crippen molar-refractivity contribution in [3.63, 3.8) is 0 Å². The van der Waals surface area contributed by atoms with E-state index in [1.807, 2.05) is 0 Å². The quantitative estimate of drug-likeness (QED) is 0.606. The Morgan fingerprint density at radius 3 is 2.76 bits per heavy atom. The van der Waals surface area contributed by atoms with Gasteiger partial charge in [0.2, 0.25) is 5.82 Å². The number of hydrogen-bond acceptors (Lipinski definition) is 5. The van der Waals surface area contributed by atoms with Gasteiger partial charge in [-0.3, -0.25) is 10.1 Å². The highest BCUT2D eigenvalue weighted by atomic mass is 19.1. The summed E-state index contributed by atoms with van der Waals surface area (Å²) in [6.07, 6.45) is 0. The van der Waals surface area contributed by atoms with Gasteiger partial charge in [0, 0.05) is 18.2 Å². The second kappa shape index (κ2) is 5.44. The molecule has 94 valence electrons. The summed E-state index contributed by atoms with van der Waals surface area (Å²) < 4.78 is 18.3. The third-order valence-corrected chi connectivity index (χ3v) is 2.13. The first kappa shape index (κ1) is 13.2. The molecule has 0 aliphatic rings. The van der Waals surface area contributed by atoms with Gasteiger partial charge in [0.15, 0.2) is 0 Å². The van der Waals surface area contributed by atoms with Crippen LogP contribution in [0, 0.1) is 15.9 Å². The Labute approximate surface area is 97.2 Å². The van der Waals surface area contributed by atoms with E-state index in [1.54, 1.807) is 6.92 Å². The van der Waals surface area contributed by atoms with Crippen LogP contribution in [0.1, 0.15) is 6.92 Å². The summed E-state index contributed by atoms with van der Waals surface area (Å²) in [7, 11) is 1.33. The van der Waals surface area contributed by atoms with Gasteiger partial charge < -0.3 is 15.2 Å². The first-order valence-electron chi connectivity index (χ1n) is 4.89. The lowest BCUT2D eigenvalue weighted by atomic mass is 10.2. The number of methoxy groups -OCH3 is 1. The molecule has 0 amide bonds. The molecule has 0 aromatic heterocycles. The molecule has 0 bridgehead atoms. The molecule has 1 aromatic rings. The Bertz CT molecular complexity index is 425. The van der Waals surface area contributed by atoms with Crippen LogP contribution in [0.4, 0.5) is 15.8 Å². The second-order valence-corrected chi connectivity index (χ2v) is 3.49. The van der Waals surface area contributed by atoms with Crippen LogP contribution in [0.25, 0.3) is 0 Å². The van der Waals surface area contributed by atoms with Gasteiger partial charge >= 0.3 is 5.69 Å². The molecule has 0 aliphatic carbocycles. The maximum Gasteiger partial charge on any atom is 0.327 e. The molecule has 1 atom stereocenters. The Hall–Kier alpha value is -1.89. The summed E-state index contributed by atoms with van der Waals surface area (Å²) in [5.41, 5.74) is -0.681. The van der Waals surface area contributed by atoms with E-state index in [-0.39, 0.29) is 18.0 Å². The molecule has 7 heteroatoms. The van der Waals surface area contributed by atoms with Crippen LogP contribution in [-0.4, -0.2) is 29.8 Å². The van der Waals surface area contributed by atoms with Gasteiger partial charge in [0.25, 0.3) is 0 Å². The molecule has 0 fully saturated rings. The lowest BCUT2D eigenvalue weighted by Gasteiger charge is -2.13. The predicted octanol–water partition coefficient (Wildman–Crippen LogP) is 1.54. The molecular formula is C10H13FN2O4. The van der Waals surface area contributed by atoms with Crippen molar-refractivity contribution in [2.45, 2.75) is 13.0 Å². The SMILES string of the molecule is COc1cc(F)c([N+](=O)[O-])c(N[C@H](C)CO)c1. The average Bonchev–Trinajstić information content (AvgIpc) is 2.27. The second-order valence-electron chi connectivity index (χ2n) is 3.49. The number of benzene rings is 1. The maximum atomic E-state index is 13.5. The minimum Gasteiger partial charge on any atom is -0.497 e. The normalized spacial score (nSPS) is 12.0. The number of aliphatic hydroxyl groups excluding tert-OH is 1. The first-order chi connectivity index (χ1) is 7.99. The van der Waals surface area contributed by atoms with E-state index in [9.17, 15) is 14.5 Å². The van der Waals surface area contributed by atoms with Crippen LogP contribution in [0.5, 0.6) is 5.75 Å². The minimum absolute atomic E-state index is 0.0200. The summed E-state index contributed by atoms with van der Waals surface area (Å²) in [6.45, 7) is 1.39. The summed E-state index contributed by atoms with van der Waals surface area (Å²) in [4.78, 5) is 9.92. The van der Waals surface area contributed by atoms with E-state index in [1.165, 1.54) is 13.2 Å². The van der Waals surface area contributed by atoms with E-state index < -0.39 is 22.5 Å². The van der Waals surface area contributed by atoms with Crippen molar-refractivity contribution in [1.29, 1.82) is 0 Å². The molecule has 2 N–H and O–H groups in total. The van der Waals surface area contributed by atoms with Crippen LogP contribution in [0.3, 0.4) is 0 Å². The third-order valence-electron chi connectivity index (χ3n) is 2.13. The molecule has 0 aliphatic heterocycles. The fourth-order valence-corrected chi connectivity index (χ4v) is 1.30. The van der Waals surface area contributed by atoms with Crippen LogP contribution < -0.4 is 10.1 Å². The Balaban J connectivity index is 3.22. The molecule has 1 aromatic carbocycles. The van der Waals surface area contributed by atoms with Crippen molar-refractivity contribution in [2.75, 3.05) is 19.0 Å². The number of ether oxygens (including phenoxy) is 1. The lowest BCUT2D eigenvalue weighted by molar-refractivity contribution is -0.386. The van der Waals surface area contributed by atoms with E-state index in [0.29, 0.717) is 0 Å². The number of nitro benzene ring substituents is 1. The van der Waals surface area contributed by atoms with Gasteiger partial charge in [-0.05, 0) is 6.92 Å². The molecular weight excluding hydrogens is 231 g/mol. The molecule has 0 saturated carbocycles. The topological polar surface area (TPSA) is 84.6 Å². The van der Waals surface area contributed by atoms with Crippen LogP contribution in [-0.2, 0) is 0 Å². The van der Waals surface area contributed by atoms with Crippen molar-refractivity contribution in [1.82, 2.24) is 0 Å². The summed E-state index contributed by atoms with van der Waals surface area (Å²) >= 11 is 0. The fourth-order valence-electron chi connectivity index (χ4n) is 1.30. The molecule has 0 saturated heterocycles. The van der Waals surface area contributed by atoms with Crippen LogP contribution >= 0.6 is 0 Å². The van der Waals surface area contributed by atoms with Crippen LogP contribution in [0.15, 0.2) is 12.1 Å². The molecule has 0 heterocycles. The van der Waals surface area contributed by atoms with Crippen molar-refractivity contribution < 1.29 is 19.2 Å². The number of nitrogens with one attached hydrogen (secondary N) is 1. The van der Waals surface area contributed by atoms with Gasteiger partial charge in [-0.15, -0.1) is 0 Å². The highest BCUT2D eigenvalue weighted by Crippen LogP contribution is 2.32. The van der Waals surface area contributed by atoms with Gasteiger partial charge in [-0.1, -0.05) is 0 Å². The molecule has 0 radical (unpaired) electrons. The average molecular weight is 244 g/mol. The van der Waals surface area contributed by atoms with Gasteiger partial charge in [0.1, 0.15) is 11.4 Å². The van der Waals surface area contributed by atoms with Gasteiger partial charge in [-0.2, -0.15) is 4.39 Å². The largest absolute Gasteiger partial charge is 0.497 e. The van der Waals surface area contributed by atoms with Crippen molar-refractivity contribution in [3.8, 4) is 5.75 Å². The molecule has 0 unspecified atom stereocenters. The Morgan fingerprint density at radius 1 is 1.65 bits per heavy atom. The highest BCUT2D eigenvalue weighted by Gasteiger charge is 2.22. The van der Waals surface area contributed by atoms with Crippen molar-refractivity contribution in [3.05, 3.63) is 28.1 Å². The van der Waals surface area contributed by atoms with E-state index in [4.69, 9.17) is 9.84 Å². The van der Waals surface area contributed by atoms with Gasteiger partial charge in [0.05, 0.1) is 18.6 Å². The Morgan fingerprint density at radius 2 is 2.29 bits per heavy atom. The maximum absolute atomic E-state index is 13.5. The fraction of sp³-hybridized carbons (Fsp3) is 0.400. The van der Waals surface area contributed by atoms with Gasteiger partial charge in [-0.25, -0.2) is 0 Å². The number of halogens is 1. The van der Waals surface area contributed by atoms with Crippen LogP contribution in [0.2, 0.25) is 0 Å². The van der Waals surface area contributed by atoms with Crippen molar-refractivity contribution in [2.24, 2.45) is 0 Å². The molecule has 17 heavy (non-hydrogen) atoms. The van der Waals surface area contributed by atoms with E-state index in [0.717, 1.165) is 6.07 Å². The van der Waals surface area contributed by atoms with E-state index in [2.05, 4.69) is 5.32 Å². The standard InChI is InChI=1S/C10H13FN2O4/c1-6(5-14)12-9-4-7(17-2)3-8(11)10(9)13(15)16/h3-4,6,12,14H,5H2,1-2H3/t6-/m1/s1.